The Morgan fingerprint density at radius 3 is 3.00 bits per heavy atom. The maximum Gasteiger partial charge on any atom is 0.0534 e. The van der Waals surface area contributed by atoms with Crippen molar-refractivity contribution in [3.63, 3.8) is 0 Å². The lowest BCUT2D eigenvalue weighted by atomic mass is 10.2. The first-order valence-electron chi connectivity index (χ1n) is 5.04. The van der Waals surface area contributed by atoms with Crippen molar-refractivity contribution in [3.8, 4) is 0 Å². The van der Waals surface area contributed by atoms with Crippen LogP contribution in [0.4, 0.5) is 0 Å². The molecule has 0 saturated heterocycles. The van der Waals surface area contributed by atoms with E-state index in [1.807, 2.05) is 24.1 Å². The molecule has 0 spiro atoms. The quantitative estimate of drug-likeness (QED) is 0.627. The van der Waals surface area contributed by atoms with Crippen molar-refractivity contribution in [2.75, 3.05) is 6.54 Å². The molecule has 0 aliphatic carbocycles. The van der Waals surface area contributed by atoms with Crippen LogP contribution in [0.2, 0.25) is 0 Å². The first-order valence-corrected chi connectivity index (χ1v) is 5.96. The van der Waals surface area contributed by atoms with Gasteiger partial charge < -0.3 is 5.32 Å². The minimum absolute atomic E-state index is 0.642. The van der Waals surface area contributed by atoms with Crippen LogP contribution in [0.15, 0.2) is 12.4 Å². The van der Waals surface area contributed by atoms with Crippen molar-refractivity contribution < 1.29 is 0 Å². The summed E-state index contributed by atoms with van der Waals surface area (Å²) in [5.41, 5.74) is 1.25. The van der Waals surface area contributed by atoms with Gasteiger partial charge in [0, 0.05) is 30.2 Å². The van der Waals surface area contributed by atoms with E-state index < -0.39 is 0 Å². The zero-order valence-corrected chi connectivity index (χ0v) is 10.4. The molecule has 0 fully saturated rings. The van der Waals surface area contributed by atoms with Gasteiger partial charge in [0.25, 0.3) is 0 Å². The van der Waals surface area contributed by atoms with Gasteiger partial charge in [-0.05, 0) is 19.4 Å². The molecule has 1 rings (SSSR count). The number of halogens is 1. The van der Waals surface area contributed by atoms with Gasteiger partial charge in [0.2, 0.25) is 0 Å². The Kier molecular flexibility index (Phi) is 5.19. The maximum atomic E-state index is 4.11. The van der Waals surface area contributed by atoms with E-state index in [1.165, 1.54) is 18.4 Å². The molecular formula is C10H18BrN3. The van der Waals surface area contributed by atoms with Crippen LogP contribution in [0.1, 0.15) is 25.3 Å². The number of aromatic nitrogens is 2. The third-order valence-corrected chi connectivity index (χ3v) is 3.27. The van der Waals surface area contributed by atoms with Crippen molar-refractivity contribution in [3.05, 3.63) is 18.0 Å². The highest BCUT2D eigenvalue weighted by atomic mass is 79.9. The smallest absolute Gasteiger partial charge is 0.0534 e. The number of hydrogen-bond donors (Lipinski definition) is 1. The molecule has 4 heteroatoms. The molecule has 3 nitrogen and oxygen atoms in total. The van der Waals surface area contributed by atoms with Crippen molar-refractivity contribution in [2.24, 2.45) is 7.05 Å². The second-order valence-corrected chi connectivity index (χ2v) is 4.79. The van der Waals surface area contributed by atoms with Crippen molar-refractivity contribution in [1.82, 2.24) is 15.1 Å². The van der Waals surface area contributed by atoms with Crippen LogP contribution in [-0.2, 0) is 13.6 Å². The van der Waals surface area contributed by atoms with Crippen LogP contribution in [0.25, 0.3) is 0 Å². The zero-order chi connectivity index (χ0) is 10.4. The minimum atomic E-state index is 0.642. The van der Waals surface area contributed by atoms with Gasteiger partial charge in [0.05, 0.1) is 6.20 Å². The van der Waals surface area contributed by atoms with Crippen molar-refractivity contribution in [1.29, 1.82) is 0 Å². The fourth-order valence-corrected chi connectivity index (χ4v) is 1.49. The third-order valence-electron chi connectivity index (χ3n) is 2.16. The summed E-state index contributed by atoms with van der Waals surface area (Å²) in [5, 5.41) is 7.51. The summed E-state index contributed by atoms with van der Waals surface area (Å²) in [7, 11) is 1.94. The Bertz CT molecular complexity index is 260. The Morgan fingerprint density at radius 2 is 2.43 bits per heavy atom. The van der Waals surface area contributed by atoms with Crippen LogP contribution < -0.4 is 5.32 Å². The molecule has 80 valence electrons. The highest BCUT2D eigenvalue weighted by Gasteiger charge is 2.00. The first kappa shape index (κ1) is 11.7. The second-order valence-electron chi connectivity index (χ2n) is 3.49. The normalized spacial score (nSPS) is 13.1. The van der Waals surface area contributed by atoms with E-state index >= 15 is 0 Å². The van der Waals surface area contributed by atoms with E-state index in [4.69, 9.17) is 0 Å². The van der Waals surface area contributed by atoms with Crippen LogP contribution in [-0.4, -0.2) is 21.2 Å². The molecule has 0 aromatic carbocycles. The Balaban J connectivity index is 2.10. The standard InChI is InChI=1S/C10H18BrN3/c1-3-10(11)4-5-12-6-9-7-13-14(2)8-9/h7-8,10,12H,3-6H2,1-2H3. The average Bonchev–Trinajstić information content (AvgIpc) is 2.58. The van der Waals surface area contributed by atoms with Crippen LogP contribution in [0.5, 0.6) is 0 Å². The molecule has 0 saturated carbocycles. The molecule has 14 heavy (non-hydrogen) atoms. The van der Waals surface area contributed by atoms with E-state index in [9.17, 15) is 0 Å². The fraction of sp³-hybridized carbons (Fsp3) is 0.700. The van der Waals surface area contributed by atoms with Crippen molar-refractivity contribution in [2.45, 2.75) is 31.1 Å². The summed E-state index contributed by atoms with van der Waals surface area (Å²) in [6, 6.07) is 0. The summed E-state index contributed by atoms with van der Waals surface area (Å²) in [4.78, 5) is 0.642. The Morgan fingerprint density at radius 1 is 1.64 bits per heavy atom. The molecule has 1 aromatic rings. The molecule has 1 heterocycles. The molecule has 0 aliphatic rings. The van der Waals surface area contributed by atoms with E-state index in [-0.39, 0.29) is 0 Å². The number of nitrogens with zero attached hydrogens (tertiary/aromatic N) is 2. The Hall–Kier alpha value is -0.350. The summed E-state index contributed by atoms with van der Waals surface area (Å²) in [6.07, 6.45) is 6.31. The summed E-state index contributed by atoms with van der Waals surface area (Å²) in [5.74, 6) is 0. The maximum absolute atomic E-state index is 4.11. The van der Waals surface area contributed by atoms with Gasteiger partial charge in [-0.2, -0.15) is 5.10 Å². The lowest BCUT2D eigenvalue weighted by Gasteiger charge is -2.06. The topological polar surface area (TPSA) is 29.9 Å². The Labute approximate surface area is 94.0 Å². The van der Waals surface area contributed by atoms with Gasteiger partial charge in [0.1, 0.15) is 0 Å². The summed E-state index contributed by atoms with van der Waals surface area (Å²) >= 11 is 3.61. The predicted molar refractivity (Wildman–Crippen MR) is 62.5 cm³/mol. The average molecular weight is 260 g/mol. The highest BCUT2D eigenvalue weighted by Crippen LogP contribution is 2.07. The van der Waals surface area contributed by atoms with Gasteiger partial charge in [-0.15, -0.1) is 0 Å². The molecule has 0 amide bonds. The predicted octanol–water partition coefficient (Wildman–Crippen LogP) is 2.07. The number of nitrogens with one attached hydrogen (secondary N) is 1. The number of alkyl halides is 1. The van der Waals surface area contributed by atoms with Gasteiger partial charge in [-0.1, -0.05) is 22.9 Å². The van der Waals surface area contributed by atoms with E-state index in [2.05, 4.69) is 33.3 Å². The molecule has 1 aromatic heterocycles. The van der Waals surface area contributed by atoms with E-state index in [1.54, 1.807) is 0 Å². The fourth-order valence-electron chi connectivity index (χ4n) is 1.26. The molecular weight excluding hydrogens is 242 g/mol. The highest BCUT2D eigenvalue weighted by molar-refractivity contribution is 9.09. The lowest BCUT2D eigenvalue weighted by molar-refractivity contribution is 0.630. The van der Waals surface area contributed by atoms with Crippen LogP contribution >= 0.6 is 15.9 Å². The zero-order valence-electron chi connectivity index (χ0n) is 8.83. The SMILES string of the molecule is CCC(Br)CCNCc1cnn(C)c1. The molecule has 0 bridgehead atoms. The lowest BCUT2D eigenvalue weighted by Crippen LogP contribution is -2.17. The molecule has 1 unspecified atom stereocenters. The first-order chi connectivity index (χ1) is 6.72. The van der Waals surface area contributed by atoms with E-state index in [0.29, 0.717) is 4.83 Å². The molecule has 0 radical (unpaired) electrons. The van der Waals surface area contributed by atoms with Crippen LogP contribution in [0, 0.1) is 0 Å². The van der Waals surface area contributed by atoms with Gasteiger partial charge >= 0.3 is 0 Å². The van der Waals surface area contributed by atoms with Gasteiger partial charge in [-0.25, -0.2) is 0 Å². The number of aryl methyl sites for hydroxylation is 1. The van der Waals surface area contributed by atoms with E-state index in [0.717, 1.165) is 13.1 Å². The molecule has 1 atom stereocenters. The van der Waals surface area contributed by atoms with Gasteiger partial charge in [0.15, 0.2) is 0 Å². The summed E-state index contributed by atoms with van der Waals surface area (Å²) in [6.45, 7) is 4.16. The third kappa shape index (κ3) is 4.24. The summed E-state index contributed by atoms with van der Waals surface area (Å²) < 4.78 is 1.83. The number of rotatable bonds is 6. The minimum Gasteiger partial charge on any atom is -0.313 e. The molecule has 0 aliphatic heterocycles. The molecule has 1 N–H and O–H groups in total. The van der Waals surface area contributed by atoms with Crippen LogP contribution in [0.3, 0.4) is 0 Å². The van der Waals surface area contributed by atoms with Gasteiger partial charge in [-0.3, -0.25) is 4.68 Å². The largest absolute Gasteiger partial charge is 0.313 e. The monoisotopic (exact) mass is 259 g/mol. The number of hydrogen-bond acceptors (Lipinski definition) is 2. The second kappa shape index (κ2) is 6.19. The van der Waals surface area contributed by atoms with Crippen molar-refractivity contribution >= 4 is 15.9 Å².